The van der Waals surface area contributed by atoms with Crippen molar-refractivity contribution in [3.05, 3.63) is 0 Å². The van der Waals surface area contributed by atoms with Crippen LogP contribution >= 0.6 is 0 Å². The molecule has 19 heavy (non-hydrogen) atoms. The number of hydrogen-bond acceptors (Lipinski definition) is 4. The summed E-state index contributed by atoms with van der Waals surface area (Å²) in [6, 6.07) is -0.205. The summed E-state index contributed by atoms with van der Waals surface area (Å²) in [5.41, 5.74) is 0. The molecule has 0 aromatic carbocycles. The van der Waals surface area contributed by atoms with E-state index >= 15 is 0 Å². The van der Waals surface area contributed by atoms with Gasteiger partial charge in [-0.3, -0.25) is 4.79 Å². The molecule has 2 bridgehead atoms. The average Bonchev–Trinajstić information content (AvgIpc) is 2.98. The first-order chi connectivity index (χ1) is 9.13. The highest BCUT2D eigenvalue weighted by molar-refractivity contribution is 5.76. The van der Waals surface area contributed by atoms with Gasteiger partial charge in [-0.25, -0.2) is 0 Å². The highest BCUT2D eigenvalue weighted by Crippen LogP contribution is 2.48. The molecular formula is C15H28N2O2. The fraction of sp³-hybridized carbons (Fsp3) is 0.933. The van der Waals surface area contributed by atoms with Crippen LogP contribution in [0, 0.1) is 17.8 Å². The van der Waals surface area contributed by atoms with Gasteiger partial charge in [0.1, 0.15) is 6.04 Å². The molecule has 2 aliphatic rings. The molecule has 2 fully saturated rings. The summed E-state index contributed by atoms with van der Waals surface area (Å²) in [5.74, 6) is 2.66. The fourth-order valence-corrected chi connectivity index (χ4v) is 3.91. The van der Waals surface area contributed by atoms with Crippen LogP contribution in [0.4, 0.5) is 0 Å². The Hall–Kier alpha value is -0.610. The minimum absolute atomic E-state index is 0.134. The summed E-state index contributed by atoms with van der Waals surface area (Å²) in [7, 11) is 3.95. The van der Waals surface area contributed by atoms with Crippen molar-refractivity contribution in [1.29, 1.82) is 0 Å². The van der Waals surface area contributed by atoms with Crippen LogP contribution in [0.3, 0.4) is 0 Å². The monoisotopic (exact) mass is 268 g/mol. The normalized spacial score (nSPS) is 30.8. The zero-order valence-corrected chi connectivity index (χ0v) is 12.5. The zero-order chi connectivity index (χ0) is 13.8. The SMILES string of the molecule is CCOC(=O)C(CN(C)CC1CC2CCC1C2)NC. The molecule has 4 nitrogen and oxygen atoms in total. The number of esters is 1. The first-order valence-electron chi connectivity index (χ1n) is 7.66. The molecule has 0 aromatic rings. The molecule has 0 amide bonds. The number of carbonyl (C=O) groups excluding carboxylic acids is 1. The summed E-state index contributed by atoms with van der Waals surface area (Å²) in [5, 5.41) is 3.06. The van der Waals surface area contributed by atoms with Crippen LogP contribution in [-0.4, -0.2) is 50.7 Å². The number of hydrogen-bond donors (Lipinski definition) is 1. The van der Waals surface area contributed by atoms with Crippen molar-refractivity contribution in [1.82, 2.24) is 10.2 Å². The molecule has 0 heterocycles. The van der Waals surface area contributed by atoms with E-state index in [1.165, 1.54) is 25.7 Å². The van der Waals surface area contributed by atoms with E-state index in [4.69, 9.17) is 4.74 Å². The molecule has 4 atom stereocenters. The standard InChI is InChI=1S/C15H28N2O2/c1-4-19-15(18)14(16-2)10-17(3)9-13-8-11-5-6-12(13)7-11/h11-14,16H,4-10H2,1-3H3. The molecule has 0 spiro atoms. The molecule has 2 rings (SSSR count). The molecule has 4 heteroatoms. The third-order valence-electron chi connectivity index (χ3n) is 4.84. The minimum atomic E-state index is -0.205. The third kappa shape index (κ3) is 3.69. The topological polar surface area (TPSA) is 41.6 Å². The van der Waals surface area contributed by atoms with Crippen LogP contribution in [0.5, 0.6) is 0 Å². The van der Waals surface area contributed by atoms with Crippen LogP contribution in [0.2, 0.25) is 0 Å². The Labute approximate surface area is 116 Å². The Kier molecular flexibility index (Phi) is 5.22. The van der Waals surface area contributed by atoms with Crippen molar-refractivity contribution in [2.75, 3.05) is 33.8 Å². The largest absolute Gasteiger partial charge is 0.465 e. The maximum Gasteiger partial charge on any atom is 0.324 e. The minimum Gasteiger partial charge on any atom is -0.465 e. The van der Waals surface area contributed by atoms with Gasteiger partial charge in [-0.15, -0.1) is 0 Å². The van der Waals surface area contributed by atoms with Crippen molar-refractivity contribution in [3.8, 4) is 0 Å². The molecule has 2 saturated carbocycles. The predicted octanol–water partition coefficient (Wildman–Crippen LogP) is 1.51. The highest BCUT2D eigenvalue weighted by atomic mass is 16.5. The Morgan fingerprint density at radius 2 is 2.21 bits per heavy atom. The van der Waals surface area contributed by atoms with Gasteiger partial charge in [-0.2, -0.15) is 0 Å². The maximum atomic E-state index is 11.8. The molecule has 4 unspecified atom stereocenters. The van der Waals surface area contributed by atoms with Crippen molar-refractivity contribution < 1.29 is 9.53 Å². The molecule has 0 radical (unpaired) electrons. The summed E-state index contributed by atoms with van der Waals surface area (Å²) >= 11 is 0. The van der Waals surface area contributed by atoms with Crippen LogP contribution in [0.1, 0.15) is 32.6 Å². The summed E-state index contributed by atoms with van der Waals surface area (Å²) in [6.07, 6.45) is 5.73. The number of carbonyl (C=O) groups is 1. The van der Waals surface area contributed by atoms with Gasteiger partial charge in [0.15, 0.2) is 0 Å². The van der Waals surface area contributed by atoms with Gasteiger partial charge in [0, 0.05) is 13.1 Å². The quantitative estimate of drug-likeness (QED) is 0.711. The van der Waals surface area contributed by atoms with Crippen LogP contribution in [0.15, 0.2) is 0 Å². The second kappa shape index (κ2) is 6.71. The van der Waals surface area contributed by atoms with E-state index in [1.807, 2.05) is 14.0 Å². The average molecular weight is 268 g/mol. The smallest absolute Gasteiger partial charge is 0.324 e. The lowest BCUT2D eigenvalue weighted by molar-refractivity contribution is -0.146. The Morgan fingerprint density at radius 1 is 1.42 bits per heavy atom. The number of fused-ring (bicyclic) bond motifs is 2. The lowest BCUT2D eigenvalue weighted by Crippen LogP contribution is -2.45. The van der Waals surface area contributed by atoms with E-state index in [-0.39, 0.29) is 12.0 Å². The predicted molar refractivity (Wildman–Crippen MR) is 75.9 cm³/mol. The van der Waals surface area contributed by atoms with Crippen LogP contribution in [0.25, 0.3) is 0 Å². The lowest BCUT2D eigenvalue weighted by Gasteiger charge is -2.29. The van der Waals surface area contributed by atoms with E-state index < -0.39 is 0 Å². The van der Waals surface area contributed by atoms with E-state index in [1.54, 1.807) is 0 Å². The Bertz CT molecular complexity index is 309. The molecule has 0 aliphatic heterocycles. The van der Waals surface area contributed by atoms with Gasteiger partial charge in [0.25, 0.3) is 0 Å². The molecule has 0 aromatic heterocycles. The van der Waals surface area contributed by atoms with Crippen molar-refractivity contribution in [3.63, 3.8) is 0 Å². The lowest BCUT2D eigenvalue weighted by atomic mass is 9.88. The number of ether oxygens (including phenoxy) is 1. The van der Waals surface area contributed by atoms with E-state index in [9.17, 15) is 4.79 Å². The summed E-state index contributed by atoms with van der Waals surface area (Å²) in [4.78, 5) is 14.1. The molecular weight excluding hydrogens is 240 g/mol. The van der Waals surface area contributed by atoms with Gasteiger partial charge in [-0.1, -0.05) is 6.42 Å². The third-order valence-corrected chi connectivity index (χ3v) is 4.84. The zero-order valence-electron chi connectivity index (χ0n) is 12.5. The van der Waals surface area contributed by atoms with Gasteiger partial charge >= 0.3 is 5.97 Å². The molecule has 2 aliphatic carbocycles. The first-order valence-corrected chi connectivity index (χ1v) is 7.66. The van der Waals surface area contributed by atoms with Gasteiger partial charge < -0.3 is 15.0 Å². The second-order valence-corrected chi connectivity index (χ2v) is 6.25. The summed E-state index contributed by atoms with van der Waals surface area (Å²) in [6.45, 7) is 4.17. The summed E-state index contributed by atoms with van der Waals surface area (Å²) < 4.78 is 5.09. The highest BCUT2D eigenvalue weighted by Gasteiger charge is 2.39. The first kappa shape index (κ1) is 14.8. The molecule has 0 saturated heterocycles. The molecule has 1 N–H and O–H groups in total. The van der Waals surface area contributed by atoms with Crippen molar-refractivity contribution >= 4 is 5.97 Å². The number of likely N-dealkylation sites (N-methyl/N-ethyl adjacent to an activating group) is 2. The van der Waals surface area contributed by atoms with Gasteiger partial charge in [0.2, 0.25) is 0 Å². The Morgan fingerprint density at radius 3 is 2.74 bits per heavy atom. The number of nitrogens with zero attached hydrogens (tertiary/aromatic N) is 1. The van der Waals surface area contributed by atoms with Crippen molar-refractivity contribution in [2.24, 2.45) is 17.8 Å². The molecule has 110 valence electrons. The van der Waals surface area contributed by atoms with E-state index in [0.29, 0.717) is 6.61 Å². The van der Waals surface area contributed by atoms with Crippen LogP contribution in [-0.2, 0) is 9.53 Å². The van der Waals surface area contributed by atoms with E-state index in [2.05, 4.69) is 17.3 Å². The maximum absolute atomic E-state index is 11.8. The second-order valence-electron chi connectivity index (χ2n) is 6.25. The Balaban J connectivity index is 1.76. The number of rotatable bonds is 7. The number of nitrogens with one attached hydrogen (secondary N) is 1. The fourth-order valence-electron chi connectivity index (χ4n) is 3.91. The van der Waals surface area contributed by atoms with Gasteiger partial charge in [0.05, 0.1) is 6.61 Å². The van der Waals surface area contributed by atoms with E-state index in [0.717, 1.165) is 30.8 Å². The van der Waals surface area contributed by atoms with Crippen LogP contribution < -0.4 is 5.32 Å². The van der Waals surface area contributed by atoms with Crippen molar-refractivity contribution in [2.45, 2.75) is 38.6 Å². The van der Waals surface area contributed by atoms with Gasteiger partial charge in [-0.05, 0) is 58.0 Å².